The number of nitrogens with two attached hydrogens (primary N) is 1. The lowest BCUT2D eigenvalue weighted by molar-refractivity contribution is -0.140. The Hall–Kier alpha value is -2.58. The smallest absolute Gasteiger partial charge is 0.326 e. The van der Waals surface area contributed by atoms with E-state index in [0.717, 1.165) is 0 Å². The molecule has 0 fully saturated rings. The monoisotopic (exact) mass is 284 g/mol. The van der Waals surface area contributed by atoms with Crippen LogP contribution in [0.15, 0.2) is 4.42 Å². The minimum Gasteiger partial charge on any atom is -0.480 e. The Morgan fingerprint density at radius 1 is 1.40 bits per heavy atom. The van der Waals surface area contributed by atoms with Crippen molar-refractivity contribution in [2.75, 3.05) is 0 Å². The second-order valence-electron chi connectivity index (χ2n) is 4.14. The van der Waals surface area contributed by atoms with Crippen LogP contribution in [0.3, 0.4) is 0 Å². The van der Waals surface area contributed by atoms with Crippen LogP contribution in [-0.4, -0.2) is 34.0 Å². The fourth-order valence-corrected chi connectivity index (χ4v) is 1.38. The molecule has 9 heteroatoms. The van der Waals surface area contributed by atoms with Crippen molar-refractivity contribution < 1.29 is 23.9 Å². The predicted octanol–water partition coefficient (Wildman–Crippen LogP) is -0.581. The highest BCUT2D eigenvalue weighted by molar-refractivity contribution is 5.87. The molecular formula is C11H16N4O5. The number of carboxylic acids is 1. The van der Waals surface area contributed by atoms with Gasteiger partial charge in [-0.15, -0.1) is 0 Å². The van der Waals surface area contributed by atoms with Gasteiger partial charge in [-0.05, 0) is 13.8 Å². The first-order chi connectivity index (χ1) is 9.29. The van der Waals surface area contributed by atoms with Gasteiger partial charge in [-0.25, -0.2) is 14.6 Å². The third-order valence-electron chi connectivity index (χ3n) is 2.48. The van der Waals surface area contributed by atoms with Crippen molar-refractivity contribution in [1.82, 2.24) is 15.6 Å². The molecule has 20 heavy (non-hydrogen) atoms. The number of nitrogens with one attached hydrogen (secondary N) is 2. The predicted molar refractivity (Wildman–Crippen MR) is 66.6 cm³/mol. The summed E-state index contributed by atoms with van der Waals surface area (Å²) in [6.07, 6.45) is -0.486. The number of carbonyl (C=O) groups is 3. The van der Waals surface area contributed by atoms with E-state index in [0.29, 0.717) is 17.3 Å². The van der Waals surface area contributed by atoms with Gasteiger partial charge < -0.3 is 25.9 Å². The molecule has 0 unspecified atom stereocenters. The van der Waals surface area contributed by atoms with E-state index in [2.05, 4.69) is 15.6 Å². The minimum atomic E-state index is -1.37. The van der Waals surface area contributed by atoms with Crippen LogP contribution < -0.4 is 16.4 Å². The maximum Gasteiger partial charge on any atom is 0.326 e. The second kappa shape index (κ2) is 6.55. The maximum atomic E-state index is 11.5. The average molecular weight is 284 g/mol. The van der Waals surface area contributed by atoms with E-state index in [1.807, 2.05) is 0 Å². The molecule has 0 saturated heterocycles. The number of carbonyl (C=O) groups excluding carboxylic acids is 2. The summed E-state index contributed by atoms with van der Waals surface area (Å²) in [6, 6.07) is -2.13. The van der Waals surface area contributed by atoms with Gasteiger partial charge in [0, 0.05) is 0 Å². The van der Waals surface area contributed by atoms with Gasteiger partial charge >= 0.3 is 12.0 Å². The highest BCUT2D eigenvalue weighted by Crippen LogP contribution is 2.07. The molecule has 1 heterocycles. The number of nitrogens with zero attached hydrogens (tertiary/aromatic N) is 1. The number of hydrogen-bond donors (Lipinski definition) is 4. The number of aliphatic carboxylic acids is 1. The summed E-state index contributed by atoms with van der Waals surface area (Å²) in [6.45, 7) is 3.50. The Morgan fingerprint density at radius 3 is 2.50 bits per heavy atom. The van der Waals surface area contributed by atoms with Crippen LogP contribution in [0.4, 0.5) is 4.79 Å². The van der Waals surface area contributed by atoms with Gasteiger partial charge in [0.05, 0.1) is 18.7 Å². The van der Waals surface area contributed by atoms with E-state index < -0.39 is 30.4 Å². The number of hydrogen-bond acceptors (Lipinski definition) is 5. The fourth-order valence-electron chi connectivity index (χ4n) is 1.38. The molecule has 0 saturated carbocycles. The topological polar surface area (TPSA) is 148 Å². The quantitative estimate of drug-likeness (QED) is 0.549. The summed E-state index contributed by atoms with van der Waals surface area (Å²) in [5.41, 5.74) is 5.60. The molecule has 1 atom stereocenters. The summed E-state index contributed by atoms with van der Waals surface area (Å²) in [7, 11) is 0. The van der Waals surface area contributed by atoms with Crippen LogP contribution >= 0.6 is 0 Å². The Morgan fingerprint density at radius 2 is 2.05 bits per heavy atom. The van der Waals surface area contributed by atoms with E-state index in [1.165, 1.54) is 0 Å². The lowest BCUT2D eigenvalue weighted by Crippen LogP contribution is -2.47. The second-order valence-corrected chi connectivity index (χ2v) is 4.14. The Kier molecular flexibility index (Phi) is 5.07. The Balaban J connectivity index is 2.49. The molecule has 0 radical (unpaired) electrons. The molecule has 0 bridgehead atoms. The van der Waals surface area contributed by atoms with E-state index in [9.17, 15) is 14.4 Å². The number of oxazole rings is 1. The first-order valence-corrected chi connectivity index (χ1v) is 5.78. The van der Waals surface area contributed by atoms with Gasteiger partial charge in [-0.1, -0.05) is 0 Å². The van der Waals surface area contributed by atoms with Crippen LogP contribution in [0, 0.1) is 13.8 Å². The summed E-state index contributed by atoms with van der Waals surface area (Å²) in [5.74, 6) is -1.23. The summed E-state index contributed by atoms with van der Waals surface area (Å²) in [4.78, 5) is 37.0. The number of urea groups is 1. The number of amides is 3. The third-order valence-corrected chi connectivity index (χ3v) is 2.48. The molecule has 0 aliphatic rings. The van der Waals surface area contributed by atoms with E-state index in [-0.39, 0.29) is 6.54 Å². The van der Waals surface area contributed by atoms with Crippen molar-refractivity contribution in [1.29, 1.82) is 0 Å². The molecule has 5 N–H and O–H groups in total. The first-order valence-electron chi connectivity index (χ1n) is 5.78. The van der Waals surface area contributed by atoms with Gasteiger partial charge in [0.15, 0.2) is 0 Å². The van der Waals surface area contributed by atoms with E-state index >= 15 is 0 Å². The highest BCUT2D eigenvalue weighted by Gasteiger charge is 2.22. The minimum absolute atomic E-state index is 0.00340. The van der Waals surface area contributed by atoms with Crippen LogP contribution in [0.25, 0.3) is 0 Å². The standard InChI is InChI=1S/C11H16N4O5/c1-5-6(2)20-9(14-5)4-13-11(19)15-7(10(17)18)3-8(12)16/h7H,3-4H2,1-2H3,(H2,12,16)(H,17,18)(H2,13,15,19)/t7-/m1/s1. The van der Waals surface area contributed by atoms with Crippen molar-refractivity contribution in [3.63, 3.8) is 0 Å². The van der Waals surface area contributed by atoms with Gasteiger partial charge in [0.2, 0.25) is 11.8 Å². The zero-order valence-corrected chi connectivity index (χ0v) is 11.1. The van der Waals surface area contributed by atoms with Crippen LogP contribution in [0.1, 0.15) is 23.8 Å². The molecule has 110 valence electrons. The number of primary amides is 1. The number of rotatable bonds is 6. The van der Waals surface area contributed by atoms with Gasteiger partial charge in [-0.2, -0.15) is 0 Å². The maximum absolute atomic E-state index is 11.5. The van der Waals surface area contributed by atoms with Gasteiger partial charge in [-0.3, -0.25) is 4.79 Å². The van der Waals surface area contributed by atoms with Crippen molar-refractivity contribution >= 4 is 17.9 Å². The summed E-state index contributed by atoms with van der Waals surface area (Å²) < 4.78 is 5.24. The number of aryl methyl sites for hydroxylation is 2. The average Bonchev–Trinajstić information content (AvgIpc) is 2.65. The molecule has 1 rings (SSSR count). The fraction of sp³-hybridized carbons (Fsp3) is 0.455. The van der Waals surface area contributed by atoms with Crippen molar-refractivity contribution in [3.05, 3.63) is 17.3 Å². The summed E-state index contributed by atoms with van der Waals surface area (Å²) >= 11 is 0. The molecule has 3 amide bonds. The SMILES string of the molecule is Cc1nc(CNC(=O)N[C@H](CC(N)=O)C(=O)O)oc1C. The van der Waals surface area contributed by atoms with Crippen LogP contribution in [0.2, 0.25) is 0 Å². The van der Waals surface area contributed by atoms with Crippen LogP contribution in [-0.2, 0) is 16.1 Å². The largest absolute Gasteiger partial charge is 0.480 e. The molecule has 1 aromatic rings. The highest BCUT2D eigenvalue weighted by atomic mass is 16.4. The van der Waals surface area contributed by atoms with E-state index in [4.69, 9.17) is 15.3 Å². The first kappa shape index (κ1) is 15.5. The molecule has 9 nitrogen and oxygen atoms in total. The molecule has 0 aromatic carbocycles. The van der Waals surface area contributed by atoms with Crippen molar-refractivity contribution in [2.45, 2.75) is 32.9 Å². The van der Waals surface area contributed by atoms with Crippen molar-refractivity contribution in [2.24, 2.45) is 5.73 Å². The molecule has 1 aromatic heterocycles. The van der Waals surface area contributed by atoms with Crippen LogP contribution in [0.5, 0.6) is 0 Å². The molecular weight excluding hydrogens is 268 g/mol. The zero-order chi connectivity index (χ0) is 15.3. The summed E-state index contributed by atoms with van der Waals surface area (Å²) in [5, 5.41) is 13.3. The van der Waals surface area contributed by atoms with Gasteiger partial charge in [0.1, 0.15) is 11.8 Å². The number of aromatic nitrogens is 1. The van der Waals surface area contributed by atoms with Crippen molar-refractivity contribution in [3.8, 4) is 0 Å². The lowest BCUT2D eigenvalue weighted by atomic mass is 10.2. The Labute approximate surface area is 114 Å². The lowest BCUT2D eigenvalue weighted by Gasteiger charge is -2.12. The molecule has 0 spiro atoms. The normalized spacial score (nSPS) is 11.7. The Bertz CT molecular complexity index is 505. The third kappa shape index (κ3) is 4.59. The zero-order valence-electron chi connectivity index (χ0n) is 11.1. The molecule has 0 aliphatic carbocycles. The number of carboxylic acid groups (broad SMARTS) is 1. The molecule has 0 aliphatic heterocycles. The van der Waals surface area contributed by atoms with E-state index in [1.54, 1.807) is 13.8 Å². The van der Waals surface area contributed by atoms with Gasteiger partial charge in [0.25, 0.3) is 0 Å².